The lowest BCUT2D eigenvalue weighted by atomic mass is 10.1. The van der Waals surface area contributed by atoms with E-state index in [0.717, 1.165) is 14.7 Å². The van der Waals surface area contributed by atoms with Gasteiger partial charge in [-0.15, -0.1) is 0 Å². The van der Waals surface area contributed by atoms with Gasteiger partial charge in [-0.25, -0.2) is 4.39 Å². The minimum Gasteiger partial charge on any atom is -0.207 e. The minimum absolute atomic E-state index is 0.303. The van der Waals surface area contributed by atoms with Crippen molar-refractivity contribution in [1.29, 1.82) is 0 Å². The Morgan fingerprint density at radius 3 is 2.12 bits per heavy atom. The highest BCUT2D eigenvalue weighted by Crippen LogP contribution is 2.36. The summed E-state index contributed by atoms with van der Waals surface area (Å²) < 4.78 is 14.1. The maximum Gasteiger partial charge on any atom is 0.123 e. The molecule has 0 fully saturated rings. The maximum atomic E-state index is 13.2. The van der Waals surface area contributed by atoms with Crippen LogP contribution < -0.4 is 0 Å². The van der Waals surface area contributed by atoms with Gasteiger partial charge in [0.15, 0.2) is 0 Å². The van der Waals surface area contributed by atoms with E-state index >= 15 is 0 Å². The molecule has 0 unspecified atom stereocenters. The second-order valence-electron chi connectivity index (χ2n) is 3.38. The summed E-state index contributed by atoms with van der Waals surface area (Å²) in [6.07, 6.45) is 0. The van der Waals surface area contributed by atoms with E-state index in [4.69, 9.17) is 34.8 Å². The average Bonchev–Trinajstić information content (AvgIpc) is 2.28. The van der Waals surface area contributed by atoms with Crippen LogP contribution in [0.4, 0.5) is 4.39 Å². The Kier molecular flexibility index (Phi) is 4.18. The molecule has 5 heteroatoms. The predicted octanol–water partition coefficient (Wildman–Crippen LogP) is 6.06. The molecule has 0 amide bonds. The molecule has 0 aliphatic carbocycles. The van der Waals surface area contributed by atoms with E-state index in [-0.39, 0.29) is 5.82 Å². The van der Waals surface area contributed by atoms with Crippen LogP contribution in [0.5, 0.6) is 0 Å². The number of rotatable bonds is 1. The predicted molar refractivity (Wildman–Crippen MR) is 79.6 cm³/mol. The zero-order valence-electron chi connectivity index (χ0n) is 8.28. The summed E-state index contributed by atoms with van der Waals surface area (Å²) in [5, 5.41) is 1.02. The zero-order chi connectivity index (χ0) is 12.6. The highest BCUT2D eigenvalue weighted by atomic mass is 127. The van der Waals surface area contributed by atoms with Gasteiger partial charge in [-0.3, -0.25) is 0 Å². The highest BCUT2D eigenvalue weighted by Gasteiger charge is 2.10. The van der Waals surface area contributed by atoms with Crippen molar-refractivity contribution in [3.63, 3.8) is 0 Å². The summed E-state index contributed by atoms with van der Waals surface area (Å²) in [6, 6.07) is 7.89. The van der Waals surface area contributed by atoms with Gasteiger partial charge in [0.05, 0.1) is 15.1 Å². The van der Waals surface area contributed by atoms with Gasteiger partial charge in [0.2, 0.25) is 0 Å². The molecule has 0 saturated heterocycles. The SMILES string of the molecule is Fc1ccc(I)c(-c2cc(Cl)c(Cl)c(Cl)c2)c1. The average molecular weight is 401 g/mol. The molecule has 0 aliphatic heterocycles. The van der Waals surface area contributed by atoms with Crippen LogP contribution in [-0.4, -0.2) is 0 Å². The standard InChI is InChI=1S/C12H5Cl3FI/c13-9-3-6(4-10(14)12(9)15)8-5-7(16)1-2-11(8)17/h1-5H. The van der Waals surface area contributed by atoms with Crippen LogP contribution in [0.25, 0.3) is 11.1 Å². The molecular formula is C12H5Cl3FI. The molecule has 17 heavy (non-hydrogen) atoms. The van der Waals surface area contributed by atoms with Crippen LogP contribution >= 0.6 is 57.4 Å². The fraction of sp³-hybridized carbons (Fsp3) is 0. The Morgan fingerprint density at radius 2 is 1.53 bits per heavy atom. The van der Waals surface area contributed by atoms with Crippen LogP contribution in [0, 0.1) is 9.39 Å². The Morgan fingerprint density at radius 1 is 0.941 bits per heavy atom. The number of benzene rings is 2. The first-order valence-corrected chi connectivity index (χ1v) is 6.80. The molecule has 0 radical (unpaired) electrons. The van der Waals surface area contributed by atoms with Crippen molar-refractivity contribution in [2.75, 3.05) is 0 Å². The molecule has 2 aromatic rings. The highest BCUT2D eigenvalue weighted by molar-refractivity contribution is 14.1. The molecule has 0 spiro atoms. The molecular weight excluding hydrogens is 396 g/mol. The molecule has 0 aromatic heterocycles. The van der Waals surface area contributed by atoms with Crippen LogP contribution in [0.15, 0.2) is 30.3 Å². The lowest BCUT2D eigenvalue weighted by Crippen LogP contribution is -1.86. The fourth-order valence-electron chi connectivity index (χ4n) is 1.43. The lowest BCUT2D eigenvalue weighted by Gasteiger charge is -2.08. The van der Waals surface area contributed by atoms with Gasteiger partial charge in [0, 0.05) is 3.57 Å². The first-order valence-electron chi connectivity index (χ1n) is 4.59. The monoisotopic (exact) mass is 400 g/mol. The molecule has 2 rings (SSSR count). The van der Waals surface area contributed by atoms with E-state index in [9.17, 15) is 4.39 Å². The van der Waals surface area contributed by atoms with Crippen molar-refractivity contribution in [2.24, 2.45) is 0 Å². The summed E-state index contributed by atoms with van der Waals surface area (Å²) in [5.41, 5.74) is 1.49. The second kappa shape index (κ2) is 5.31. The molecule has 0 aliphatic rings. The van der Waals surface area contributed by atoms with Gasteiger partial charge in [-0.1, -0.05) is 34.8 Å². The van der Waals surface area contributed by atoms with Crippen molar-refractivity contribution >= 4 is 57.4 Å². The number of hydrogen-bond donors (Lipinski definition) is 0. The van der Waals surface area contributed by atoms with Crippen molar-refractivity contribution in [2.45, 2.75) is 0 Å². The third kappa shape index (κ3) is 2.87. The van der Waals surface area contributed by atoms with Crippen molar-refractivity contribution < 1.29 is 4.39 Å². The quantitative estimate of drug-likeness (QED) is 0.403. The first-order chi connectivity index (χ1) is 7.99. The topological polar surface area (TPSA) is 0 Å². The van der Waals surface area contributed by atoms with Gasteiger partial charge in [-0.05, 0) is 64.0 Å². The molecule has 0 heterocycles. The number of halogens is 5. The van der Waals surface area contributed by atoms with E-state index < -0.39 is 0 Å². The second-order valence-corrected chi connectivity index (χ2v) is 5.73. The molecule has 0 saturated carbocycles. The summed E-state index contributed by atoms with van der Waals surface area (Å²) in [5.74, 6) is -0.303. The van der Waals surface area contributed by atoms with Crippen molar-refractivity contribution in [3.05, 3.63) is 54.8 Å². The van der Waals surface area contributed by atoms with E-state index in [2.05, 4.69) is 22.6 Å². The Labute approximate surface area is 127 Å². The first kappa shape index (κ1) is 13.4. The Hall–Kier alpha value is -0.0300. The van der Waals surface area contributed by atoms with E-state index in [1.165, 1.54) is 12.1 Å². The third-order valence-corrected chi connectivity index (χ3v) is 4.36. The fourth-order valence-corrected chi connectivity index (χ4v) is 2.67. The van der Waals surface area contributed by atoms with Crippen molar-refractivity contribution in [3.8, 4) is 11.1 Å². The van der Waals surface area contributed by atoms with E-state index in [0.29, 0.717) is 15.1 Å². The van der Waals surface area contributed by atoms with Gasteiger partial charge in [-0.2, -0.15) is 0 Å². The van der Waals surface area contributed by atoms with Crippen LogP contribution in [0.1, 0.15) is 0 Å². The van der Waals surface area contributed by atoms with Gasteiger partial charge < -0.3 is 0 Å². The van der Waals surface area contributed by atoms with E-state index in [1.807, 2.05) is 0 Å². The largest absolute Gasteiger partial charge is 0.207 e. The van der Waals surface area contributed by atoms with Crippen LogP contribution in [0.2, 0.25) is 15.1 Å². The number of hydrogen-bond acceptors (Lipinski definition) is 0. The zero-order valence-corrected chi connectivity index (χ0v) is 12.7. The van der Waals surface area contributed by atoms with Crippen LogP contribution in [0.3, 0.4) is 0 Å². The van der Waals surface area contributed by atoms with E-state index in [1.54, 1.807) is 18.2 Å². The van der Waals surface area contributed by atoms with Gasteiger partial charge in [0.1, 0.15) is 5.82 Å². The summed E-state index contributed by atoms with van der Waals surface area (Å²) >= 11 is 19.9. The minimum atomic E-state index is -0.303. The lowest BCUT2D eigenvalue weighted by molar-refractivity contribution is 0.628. The summed E-state index contributed by atoms with van der Waals surface area (Å²) in [4.78, 5) is 0. The molecule has 2 aromatic carbocycles. The summed E-state index contributed by atoms with van der Waals surface area (Å²) in [7, 11) is 0. The van der Waals surface area contributed by atoms with Gasteiger partial charge in [0.25, 0.3) is 0 Å². The van der Waals surface area contributed by atoms with Gasteiger partial charge >= 0.3 is 0 Å². The Balaban J connectivity index is 2.64. The maximum absolute atomic E-state index is 13.2. The van der Waals surface area contributed by atoms with Crippen molar-refractivity contribution in [1.82, 2.24) is 0 Å². The molecule has 0 atom stereocenters. The summed E-state index contributed by atoms with van der Waals surface area (Å²) in [6.45, 7) is 0. The molecule has 0 N–H and O–H groups in total. The van der Waals surface area contributed by atoms with Crippen LogP contribution in [-0.2, 0) is 0 Å². The Bertz CT molecular complexity index is 561. The molecule has 0 nitrogen and oxygen atoms in total. The third-order valence-electron chi connectivity index (χ3n) is 2.22. The molecule has 0 bridgehead atoms. The normalized spacial score (nSPS) is 10.6. The molecule has 88 valence electrons. The smallest absolute Gasteiger partial charge is 0.123 e.